The average molecular weight is 492 g/mol. The van der Waals surface area contributed by atoms with E-state index >= 15 is 0 Å². The van der Waals surface area contributed by atoms with Crippen LogP contribution in [0.4, 0.5) is 4.79 Å². The molecule has 1 heterocycles. The summed E-state index contributed by atoms with van der Waals surface area (Å²) in [4.78, 5) is 46.6. The molecule has 0 spiro atoms. The summed E-state index contributed by atoms with van der Waals surface area (Å²) in [6, 6.07) is 13.3. The number of hydrogen-bond acceptors (Lipinski definition) is 8. The second-order valence-corrected chi connectivity index (χ2v) is 7.73. The highest BCUT2D eigenvalue weighted by atomic mass is 35.5. The Kier molecular flexibility index (Phi) is 9.46. The summed E-state index contributed by atoms with van der Waals surface area (Å²) < 4.78 is 10.5. The van der Waals surface area contributed by atoms with Crippen molar-refractivity contribution in [1.82, 2.24) is 10.6 Å². The number of halogens is 1. The van der Waals surface area contributed by atoms with Crippen LogP contribution in [-0.4, -0.2) is 42.7 Å². The number of rotatable bonds is 8. The molecule has 2 aromatic carbocycles. The number of methoxy groups -OCH3 is 1. The van der Waals surface area contributed by atoms with Crippen molar-refractivity contribution in [2.24, 2.45) is 5.73 Å². The minimum Gasteiger partial charge on any atom is -0.467 e. The zero-order valence-electron chi connectivity index (χ0n) is 17.5. The normalized spacial score (nSPS) is 14.8. The molecule has 1 atom stereocenters. The van der Waals surface area contributed by atoms with E-state index in [2.05, 4.69) is 10.6 Å². The third-order valence-corrected chi connectivity index (χ3v) is 5.24. The number of carbonyl (C=O) groups is 4. The maximum atomic E-state index is 11.9. The number of hydrogen-bond donors (Lipinski definition) is 3. The van der Waals surface area contributed by atoms with Crippen LogP contribution in [0.25, 0.3) is 6.08 Å². The first-order valence-corrected chi connectivity index (χ1v) is 10.4. The standard InChI is InChI=1S/C22H21N3O6S.ClH/c1-30-21(28)17(24-19(26)12-23)10-13-2-6-15(7-3-13)31-16-8-4-14(5-9-16)11-18-20(27)25-22(29)32-18;/h2-9,11,17H,10,12,23H2,1H3,(H,24,26)(H,25,27,29);1H/b18-11+;. The van der Waals surface area contributed by atoms with Gasteiger partial charge in [-0.1, -0.05) is 24.3 Å². The molecule has 1 aliphatic heterocycles. The minimum atomic E-state index is -0.833. The summed E-state index contributed by atoms with van der Waals surface area (Å²) in [6.45, 7) is -0.222. The van der Waals surface area contributed by atoms with E-state index in [9.17, 15) is 19.2 Å². The van der Waals surface area contributed by atoms with Crippen molar-refractivity contribution >= 4 is 53.3 Å². The molecule has 4 N–H and O–H groups in total. The van der Waals surface area contributed by atoms with E-state index in [4.69, 9.17) is 15.2 Å². The van der Waals surface area contributed by atoms with Gasteiger partial charge in [0.1, 0.15) is 17.5 Å². The number of thioether (sulfide) groups is 1. The maximum absolute atomic E-state index is 11.9. The quantitative estimate of drug-likeness (QED) is 0.378. The first-order valence-electron chi connectivity index (χ1n) is 9.57. The Morgan fingerprint density at radius 3 is 2.21 bits per heavy atom. The lowest BCUT2D eigenvalue weighted by Gasteiger charge is -2.16. The van der Waals surface area contributed by atoms with Gasteiger partial charge in [0.05, 0.1) is 18.6 Å². The van der Waals surface area contributed by atoms with Gasteiger partial charge >= 0.3 is 5.97 Å². The first-order chi connectivity index (χ1) is 15.4. The van der Waals surface area contributed by atoms with Gasteiger partial charge in [0, 0.05) is 6.42 Å². The third-order valence-electron chi connectivity index (χ3n) is 4.43. The monoisotopic (exact) mass is 491 g/mol. The predicted octanol–water partition coefficient (Wildman–Crippen LogP) is 2.38. The van der Waals surface area contributed by atoms with Gasteiger partial charge in [-0.2, -0.15) is 0 Å². The Labute approximate surface area is 200 Å². The van der Waals surface area contributed by atoms with Crippen molar-refractivity contribution in [3.63, 3.8) is 0 Å². The Morgan fingerprint density at radius 2 is 1.70 bits per heavy atom. The average Bonchev–Trinajstić information content (AvgIpc) is 3.11. The molecule has 0 saturated carbocycles. The molecule has 3 rings (SSSR count). The smallest absolute Gasteiger partial charge is 0.328 e. The van der Waals surface area contributed by atoms with Crippen LogP contribution >= 0.6 is 24.2 Å². The van der Waals surface area contributed by atoms with E-state index in [0.29, 0.717) is 16.4 Å². The number of imide groups is 1. The summed E-state index contributed by atoms with van der Waals surface area (Å²) in [6.07, 6.45) is 1.88. The minimum absolute atomic E-state index is 0. The lowest BCUT2D eigenvalue weighted by atomic mass is 10.1. The van der Waals surface area contributed by atoms with Gasteiger partial charge in [0.2, 0.25) is 5.91 Å². The maximum Gasteiger partial charge on any atom is 0.328 e. The fraction of sp³-hybridized carbons (Fsp3) is 0.182. The lowest BCUT2D eigenvalue weighted by Crippen LogP contribution is -2.45. The van der Waals surface area contributed by atoms with Crippen LogP contribution in [0.2, 0.25) is 0 Å². The van der Waals surface area contributed by atoms with Crippen molar-refractivity contribution in [2.75, 3.05) is 13.7 Å². The van der Waals surface area contributed by atoms with Crippen LogP contribution in [0.15, 0.2) is 53.4 Å². The molecule has 1 saturated heterocycles. The fourth-order valence-corrected chi connectivity index (χ4v) is 3.54. The summed E-state index contributed by atoms with van der Waals surface area (Å²) in [7, 11) is 1.25. The van der Waals surface area contributed by atoms with Crippen LogP contribution in [0, 0.1) is 0 Å². The second-order valence-electron chi connectivity index (χ2n) is 6.72. The van der Waals surface area contributed by atoms with E-state index < -0.39 is 23.8 Å². The first kappa shape index (κ1) is 25.9. The SMILES string of the molecule is COC(=O)C(Cc1ccc(Oc2ccc(/C=C3/SC(=O)NC3=O)cc2)cc1)NC(=O)CN.Cl. The Morgan fingerprint density at radius 1 is 1.09 bits per heavy atom. The topological polar surface area (TPSA) is 137 Å². The van der Waals surface area contributed by atoms with Crippen LogP contribution in [-0.2, 0) is 25.5 Å². The molecule has 0 bridgehead atoms. The molecule has 9 nitrogen and oxygen atoms in total. The molecule has 174 valence electrons. The molecule has 0 radical (unpaired) electrons. The molecule has 2 aromatic rings. The van der Waals surface area contributed by atoms with Crippen molar-refractivity contribution in [1.29, 1.82) is 0 Å². The van der Waals surface area contributed by atoms with E-state index in [-0.39, 0.29) is 30.6 Å². The summed E-state index contributed by atoms with van der Waals surface area (Å²) >= 11 is 0.860. The van der Waals surface area contributed by atoms with E-state index in [1.807, 2.05) is 0 Å². The zero-order chi connectivity index (χ0) is 23.1. The number of esters is 1. The Hall–Kier alpha value is -3.34. The van der Waals surface area contributed by atoms with Crippen molar-refractivity contribution in [3.05, 3.63) is 64.6 Å². The van der Waals surface area contributed by atoms with Gasteiger partial charge in [-0.25, -0.2) is 4.79 Å². The predicted molar refractivity (Wildman–Crippen MR) is 126 cm³/mol. The van der Waals surface area contributed by atoms with Crippen molar-refractivity contribution in [3.8, 4) is 11.5 Å². The van der Waals surface area contributed by atoms with Crippen LogP contribution < -0.4 is 21.1 Å². The molecular weight excluding hydrogens is 470 g/mol. The number of amides is 3. The van der Waals surface area contributed by atoms with Crippen molar-refractivity contribution < 1.29 is 28.7 Å². The molecular formula is C22H22ClN3O6S. The number of nitrogens with two attached hydrogens (primary N) is 1. The van der Waals surface area contributed by atoms with Gasteiger partial charge in [-0.15, -0.1) is 12.4 Å². The van der Waals surface area contributed by atoms with Gasteiger partial charge in [-0.3, -0.25) is 19.7 Å². The van der Waals surface area contributed by atoms with Crippen LogP contribution in [0.3, 0.4) is 0 Å². The second kappa shape index (κ2) is 12.0. The number of nitrogens with one attached hydrogen (secondary N) is 2. The molecule has 11 heteroatoms. The number of benzene rings is 2. The van der Waals surface area contributed by atoms with E-state index in [1.165, 1.54) is 7.11 Å². The van der Waals surface area contributed by atoms with Gasteiger partial charge in [0.25, 0.3) is 11.1 Å². The Bertz CT molecular complexity index is 1060. The van der Waals surface area contributed by atoms with Gasteiger partial charge in [-0.05, 0) is 53.2 Å². The summed E-state index contributed by atoms with van der Waals surface area (Å²) in [5.41, 5.74) is 6.85. The molecule has 3 amide bonds. The highest BCUT2D eigenvalue weighted by molar-refractivity contribution is 8.18. The Balaban J connectivity index is 0.00000385. The third kappa shape index (κ3) is 7.35. The fourth-order valence-electron chi connectivity index (χ4n) is 2.86. The molecule has 0 aliphatic carbocycles. The zero-order valence-corrected chi connectivity index (χ0v) is 19.2. The largest absolute Gasteiger partial charge is 0.467 e. The van der Waals surface area contributed by atoms with Gasteiger partial charge in [0.15, 0.2) is 0 Å². The highest BCUT2D eigenvalue weighted by Gasteiger charge is 2.25. The molecule has 1 aliphatic rings. The highest BCUT2D eigenvalue weighted by Crippen LogP contribution is 2.27. The summed E-state index contributed by atoms with van der Waals surface area (Å²) in [5, 5.41) is 4.36. The lowest BCUT2D eigenvalue weighted by molar-refractivity contribution is -0.144. The molecule has 1 unspecified atom stereocenters. The van der Waals surface area contributed by atoms with Crippen LogP contribution in [0.1, 0.15) is 11.1 Å². The number of carbonyl (C=O) groups excluding carboxylic acids is 4. The van der Waals surface area contributed by atoms with E-state index in [0.717, 1.165) is 22.9 Å². The van der Waals surface area contributed by atoms with Crippen LogP contribution in [0.5, 0.6) is 11.5 Å². The van der Waals surface area contributed by atoms with Gasteiger partial charge < -0.3 is 20.5 Å². The molecule has 1 fully saturated rings. The molecule has 33 heavy (non-hydrogen) atoms. The van der Waals surface area contributed by atoms with Crippen molar-refractivity contribution in [2.45, 2.75) is 12.5 Å². The molecule has 0 aromatic heterocycles. The summed E-state index contributed by atoms with van der Waals surface area (Å²) in [5.74, 6) is -0.241. The number of ether oxygens (including phenoxy) is 2. The van der Waals surface area contributed by atoms with E-state index in [1.54, 1.807) is 54.6 Å².